The van der Waals surface area contributed by atoms with E-state index < -0.39 is 6.10 Å². The summed E-state index contributed by atoms with van der Waals surface area (Å²) in [5, 5.41) is 10.1. The molecule has 2 nitrogen and oxygen atoms in total. The van der Waals surface area contributed by atoms with Crippen molar-refractivity contribution in [2.45, 2.75) is 60.0 Å². The molecule has 108 valence electrons. The van der Waals surface area contributed by atoms with E-state index in [4.69, 9.17) is 4.74 Å². The predicted molar refractivity (Wildman–Crippen MR) is 80.8 cm³/mol. The van der Waals surface area contributed by atoms with E-state index in [0.29, 0.717) is 6.61 Å². The normalized spacial score (nSPS) is 14.3. The molecule has 0 aliphatic heterocycles. The maximum Gasteiger partial charge on any atom is 0.123 e. The third-order valence-electron chi connectivity index (χ3n) is 3.34. The number of rotatable bonds is 3. The Labute approximate surface area is 117 Å². The van der Waals surface area contributed by atoms with E-state index in [1.165, 1.54) is 11.1 Å². The number of benzene rings is 1. The Bertz CT molecular complexity index is 422. The molecule has 0 aliphatic carbocycles. The van der Waals surface area contributed by atoms with Gasteiger partial charge in [-0.1, -0.05) is 53.7 Å². The van der Waals surface area contributed by atoms with E-state index in [1.54, 1.807) is 0 Å². The summed E-state index contributed by atoms with van der Waals surface area (Å²) in [4.78, 5) is 0. The van der Waals surface area contributed by atoms with Gasteiger partial charge in [0.05, 0.1) is 6.10 Å². The monoisotopic (exact) mass is 264 g/mol. The Hall–Kier alpha value is -1.02. The summed E-state index contributed by atoms with van der Waals surface area (Å²) >= 11 is 0. The number of hydrogen-bond acceptors (Lipinski definition) is 2. The third kappa shape index (κ3) is 4.54. The van der Waals surface area contributed by atoms with Crippen LogP contribution in [0.5, 0.6) is 5.75 Å². The topological polar surface area (TPSA) is 29.5 Å². The Morgan fingerprint density at radius 2 is 1.68 bits per heavy atom. The van der Waals surface area contributed by atoms with Crippen LogP contribution in [0.2, 0.25) is 0 Å². The van der Waals surface area contributed by atoms with Crippen LogP contribution < -0.4 is 4.74 Å². The molecule has 1 aromatic carbocycles. The molecule has 2 heteroatoms. The van der Waals surface area contributed by atoms with Gasteiger partial charge in [-0.15, -0.1) is 0 Å². The summed E-state index contributed by atoms with van der Waals surface area (Å²) in [5.41, 5.74) is 2.23. The summed E-state index contributed by atoms with van der Waals surface area (Å²) in [6, 6.07) is 6.28. The highest BCUT2D eigenvalue weighted by Gasteiger charge is 2.24. The van der Waals surface area contributed by atoms with Gasteiger partial charge in [-0.25, -0.2) is 0 Å². The molecular weight excluding hydrogens is 236 g/mol. The standard InChI is InChI=1S/C17H28O2/c1-12-8-9-13(16(2,3)4)14(10-12)19-11-15(18)17(5,6)7/h8-10,15,18H,11H2,1-7H3. The molecule has 1 aromatic rings. The van der Waals surface area contributed by atoms with Gasteiger partial charge < -0.3 is 9.84 Å². The highest BCUT2D eigenvalue weighted by molar-refractivity contribution is 5.41. The smallest absolute Gasteiger partial charge is 0.123 e. The summed E-state index contributed by atoms with van der Waals surface area (Å²) in [5.74, 6) is 0.885. The lowest BCUT2D eigenvalue weighted by atomic mass is 9.85. The first kappa shape index (κ1) is 16.0. The first-order valence-corrected chi connectivity index (χ1v) is 6.94. The van der Waals surface area contributed by atoms with Gasteiger partial charge in [-0.3, -0.25) is 0 Å². The first-order valence-electron chi connectivity index (χ1n) is 6.94. The molecular formula is C17H28O2. The highest BCUT2D eigenvalue weighted by atomic mass is 16.5. The van der Waals surface area contributed by atoms with Gasteiger partial charge in [0.25, 0.3) is 0 Å². The number of aryl methyl sites for hydroxylation is 1. The first-order chi connectivity index (χ1) is 8.51. The van der Waals surface area contributed by atoms with Crippen LogP contribution in [-0.4, -0.2) is 17.8 Å². The lowest BCUT2D eigenvalue weighted by Crippen LogP contribution is -2.32. The highest BCUT2D eigenvalue weighted by Crippen LogP contribution is 2.32. The zero-order valence-corrected chi connectivity index (χ0v) is 13.4. The fourth-order valence-corrected chi connectivity index (χ4v) is 1.79. The minimum atomic E-state index is -0.471. The molecule has 0 bridgehead atoms. The van der Waals surface area contributed by atoms with E-state index in [2.05, 4.69) is 45.9 Å². The molecule has 0 saturated carbocycles. The molecule has 0 radical (unpaired) electrons. The Kier molecular flexibility index (Phi) is 4.67. The molecule has 19 heavy (non-hydrogen) atoms. The molecule has 0 fully saturated rings. The second-order valence-electron chi connectivity index (χ2n) is 7.44. The number of ether oxygens (including phenoxy) is 1. The number of aliphatic hydroxyl groups excluding tert-OH is 1. The van der Waals surface area contributed by atoms with Crippen LogP contribution >= 0.6 is 0 Å². The summed E-state index contributed by atoms with van der Waals surface area (Å²) in [7, 11) is 0. The van der Waals surface area contributed by atoms with E-state index in [0.717, 1.165) is 5.75 Å². The lowest BCUT2D eigenvalue weighted by Gasteiger charge is -2.28. The number of aliphatic hydroxyl groups is 1. The zero-order valence-electron chi connectivity index (χ0n) is 13.4. The van der Waals surface area contributed by atoms with Gasteiger partial charge in [0, 0.05) is 0 Å². The van der Waals surface area contributed by atoms with Crippen LogP contribution in [0.1, 0.15) is 52.7 Å². The maximum absolute atomic E-state index is 10.1. The molecule has 0 amide bonds. The summed E-state index contributed by atoms with van der Waals surface area (Å²) in [6.07, 6.45) is -0.471. The lowest BCUT2D eigenvalue weighted by molar-refractivity contribution is 0.0213. The van der Waals surface area contributed by atoms with Crippen LogP contribution in [0.15, 0.2) is 18.2 Å². The third-order valence-corrected chi connectivity index (χ3v) is 3.34. The molecule has 0 aliphatic rings. The minimum Gasteiger partial charge on any atom is -0.491 e. The summed E-state index contributed by atoms with van der Waals surface area (Å²) < 4.78 is 5.88. The van der Waals surface area contributed by atoms with E-state index in [9.17, 15) is 5.11 Å². The van der Waals surface area contributed by atoms with E-state index in [-0.39, 0.29) is 10.8 Å². The number of hydrogen-bond donors (Lipinski definition) is 1. The molecule has 0 saturated heterocycles. The average Bonchev–Trinajstić information content (AvgIpc) is 2.22. The van der Waals surface area contributed by atoms with Crippen molar-refractivity contribution in [1.82, 2.24) is 0 Å². The van der Waals surface area contributed by atoms with Gasteiger partial charge in [0.15, 0.2) is 0 Å². The van der Waals surface area contributed by atoms with Gasteiger partial charge in [-0.05, 0) is 34.9 Å². The predicted octanol–water partition coefficient (Wildman–Crippen LogP) is 4.08. The van der Waals surface area contributed by atoms with E-state index >= 15 is 0 Å². The van der Waals surface area contributed by atoms with Crippen LogP contribution in [0.3, 0.4) is 0 Å². The van der Waals surface area contributed by atoms with Crippen molar-refractivity contribution in [2.24, 2.45) is 5.41 Å². The fourth-order valence-electron chi connectivity index (χ4n) is 1.79. The molecule has 0 heterocycles. The molecule has 1 unspecified atom stereocenters. The van der Waals surface area contributed by atoms with Gasteiger partial charge in [-0.2, -0.15) is 0 Å². The molecule has 0 spiro atoms. The Morgan fingerprint density at radius 1 is 1.11 bits per heavy atom. The van der Waals surface area contributed by atoms with Gasteiger partial charge in [0.1, 0.15) is 12.4 Å². The van der Waals surface area contributed by atoms with Crippen LogP contribution in [-0.2, 0) is 5.41 Å². The molecule has 1 N–H and O–H groups in total. The summed E-state index contributed by atoms with van der Waals surface area (Å²) in [6.45, 7) is 14.9. The molecule has 1 atom stereocenters. The second-order valence-corrected chi connectivity index (χ2v) is 7.44. The van der Waals surface area contributed by atoms with Gasteiger partial charge in [0.2, 0.25) is 0 Å². The fraction of sp³-hybridized carbons (Fsp3) is 0.647. The van der Waals surface area contributed by atoms with Crippen molar-refractivity contribution in [3.05, 3.63) is 29.3 Å². The van der Waals surface area contributed by atoms with Crippen LogP contribution in [0.4, 0.5) is 0 Å². The minimum absolute atomic E-state index is 0.0374. The van der Waals surface area contributed by atoms with Crippen LogP contribution in [0.25, 0.3) is 0 Å². The van der Waals surface area contributed by atoms with Crippen molar-refractivity contribution >= 4 is 0 Å². The zero-order chi connectivity index (χ0) is 14.8. The van der Waals surface area contributed by atoms with Crippen molar-refractivity contribution in [2.75, 3.05) is 6.61 Å². The van der Waals surface area contributed by atoms with Crippen molar-refractivity contribution in [3.63, 3.8) is 0 Å². The quantitative estimate of drug-likeness (QED) is 0.891. The molecule has 1 rings (SSSR count). The SMILES string of the molecule is Cc1ccc(C(C)(C)C)c(OCC(O)C(C)(C)C)c1. The second kappa shape index (κ2) is 5.54. The maximum atomic E-state index is 10.1. The van der Waals surface area contributed by atoms with E-state index in [1.807, 2.05) is 20.8 Å². The Balaban J connectivity index is 2.92. The van der Waals surface area contributed by atoms with Crippen molar-refractivity contribution in [3.8, 4) is 5.75 Å². The van der Waals surface area contributed by atoms with Gasteiger partial charge >= 0.3 is 0 Å². The Morgan fingerprint density at radius 3 is 2.16 bits per heavy atom. The van der Waals surface area contributed by atoms with Crippen molar-refractivity contribution < 1.29 is 9.84 Å². The largest absolute Gasteiger partial charge is 0.491 e. The average molecular weight is 264 g/mol. The van der Waals surface area contributed by atoms with Crippen molar-refractivity contribution in [1.29, 1.82) is 0 Å². The van der Waals surface area contributed by atoms with Crippen LogP contribution in [0, 0.1) is 12.3 Å². The molecule has 0 aromatic heterocycles.